The molecule has 0 aliphatic rings. The van der Waals surface area contributed by atoms with E-state index in [0.717, 1.165) is 12.8 Å². The minimum atomic E-state index is -0.275. The van der Waals surface area contributed by atoms with Crippen molar-refractivity contribution in [3.8, 4) is 5.75 Å². The molecule has 0 saturated carbocycles. The molecule has 1 amide bonds. The summed E-state index contributed by atoms with van der Waals surface area (Å²) in [5.74, 6) is -0.317. The maximum Gasteiger partial charge on any atom is 0.255 e. The summed E-state index contributed by atoms with van der Waals surface area (Å²) in [6, 6.07) is 4.57. The standard InChI is InChI=1S/C15H22ClNO2/c1-3-4-5-6-7-11(2)17-15(19)13-10-12(16)8-9-14(13)18/h8-11,18H,3-7H2,1-2H3,(H,17,19). The average Bonchev–Trinajstić information content (AvgIpc) is 2.37. The molecule has 19 heavy (non-hydrogen) atoms. The molecule has 4 heteroatoms. The Hall–Kier alpha value is -1.22. The molecule has 0 bridgehead atoms. The SMILES string of the molecule is CCCCCCC(C)NC(=O)c1cc(Cl)ccc1O. The van der Waals surface area contributed by atoms with E-state index in [4.69, 9.17) is 11.6 Å². The first kappa shape index (κ1) is 15.8. The number of benzene rings is 1. The fourth-order valence-corrected chi connectivity index (χ4v) is 2.11. The van der Waals surface area contributed by atoms with Gasteiger partial charge in [-0.25, -0.2) is 0 Å². The van der Waals surface area contributed by atoms with Gasteiger partial charge in [-0.1, -0.05) is 44.2 Å². The van der Waals surface area contributed by atoms with Crippen LogP contribution in [0.4, 0.5) is 0 Å². The van der Waals surface area contributed by atoms with E-state index in [9.17, 15) is 9.90 Å². The van der Waals surface area contributed by atoms with Crippen LogP contribution in [0.2, 0.25) is 5.02 Å². The zero-order valence-corrected chi connectivity index (χ0v) is 12.3. The first-order chi connectivity index (χ1) is 9.04. The van der Waals surface area contributed by atoms with Gasteiger partial charge in [-0.2, -0.15) is 0 Å². The van der Waals surface area contributed by atoms with Crippen molar-refractivity contribution in [3.05, 3.63) is 28.8 Å². The quantitative estimate of drug-likeness (QED) is 0.739. The number of amides is 1. The Morgan fingerprint density at radius 1 is 1.37 bits per heavy atom. The van der Waals surface area contributed by atoms with E-state index in [-0.39, 0.29) is 23.3 Å². The van der Waals surface area contributed by atoms with E-state index in [0.29, 0.717) is 5.02 Å². The van der Waals surface area contributed by atoms with Crippen molar-refractivity contribution in [2.24, 2.45) is 0 Å². The van der Waals surface area contributed by atoms with E-state index < -0.39 is 0 Å². The van der Waals surface area contributed by atoms with Crippen molar-refractivity contribution in [2.45, 2.75) is 52.0 Å². The van der Waals surface area contributed by atoms with Gasteiger partial charge in [-0.3, -0.25) is 4.79 Å². The van der Waals surface area contributed by atoms with Crippen LogP contribution >= 0.6 is 11.6 Å². The van der Waals surface area contributed by atoms with E-state index >= 15 is 0 Å². The number of halogens is 1. The highest BCUT2D eigenvalue weighted by Crippen LogP contribution is 2.21. The highest BCUT2D eigenvalue weighted by Gasteiger charge is 2.13. The van der Waals surface area contributed by atoms with Crippen molar-refractivity contribution in [2.75, 3.05) is 0 Å². The topological polar surface area (TPSA) is 49.3 Å². The fraction of sp³-hybridized carbons (Fsp3) is 0.533. The Labute approximate surface area is 120 Å². The third kappa shape index (κ3) is 5.52. The monoisotopic (exact) mass is 283 g/mol. The molecule has 1 aromatic rings. The van der Waals surface area contributed by atoms with E-state index in [1.54, 1.807) is 6.07 Å². The van der Waals surface area contributed by atoms with Gasteiger partial charge in [0.2, 0.25) is 0 Å². The molecule has 1 aromatic carbocycles. The van der Waals surface area contributed by atoms with Gasteiger partial charge in [0.25, 0.3) is 5.91 Å². The zero-order chi connectivity index (χ0) is 14.3. The second-order valence-corrected chi connectivity index (χ2v) is 5.32. The molecule has 2 N–H and O–H groups in total. The van der Waals surface area contributed by atoms with Crippen LogP contribution < -0.4 is 5.32 Å². The van der Waals surface area contributed by atoms with E-state index in [1.165, 1.54) is 31.4 Å². The first-order valence-electron chi connectivity index (χ1n) is 6.84. The van der Waals surface area contributed by atoms with Gasteiger partial charge in [-0.05, 0) is 31.5 Å². The molecular formula is C15H22ClNO2. The number of phenolic OH excluding ortho intramolecular Hbond substituents is 1. The predicted molar refractivity (Wildman–Crippen MR) is 78.8 cm³/mol. The molecule has 0 saturated heterocycles. The summed E-state index contributed by atoms with van der Waals surface area (Å²) in [5, 5.41) is 13.0. The molecule has 1 atom stereocenters. The second-order valence-electron chi connectivity index (χ2n) is 4.89. The van der Waals surface area contributed by atoms with Crippen molar-refractivity contribution in [1.29, 1.82) is 0 Å². The lowest BCUT2D eigenvalue weighted by Crippen LogP contribution is -2.32. The van der Waals surface area contributed by atoms with Gasteiger partial charge in [0.15, 0.2) is 0 Å². The van der Waals surface area contributed by atoms with Crippen molar-refractivity contribution < 1.29 is 9.90 Å². The molecule has 3 nitrogen and oxygen atoms in total. The molecule has 106 valence electrons. The molecule has 0 aliphatic carbocycles. The fourth-order valence-electron chi connectivity index (χ4n) is 1.94. The Bertz CT molecular complexity index is 421. The lowest BCUT2D eigenvalue weighted by Gasteiger charge is -2.14. The number of hydrogen-bond donors (Lipinski definition) is 2. The Balaban J connectivity index is 2.47. The maximum absolute atomic E-state index is 12.0. The summed E-state index contributed by atoms with van der Waals surface area (Å²) >= 11 is 5.82. The van der Waals surface area contributed by atoms with Crippen LogP contribution in [-0.2, 0) is 0 Å². The molecule has 0 aromatic heterocycles. The van der Waals surface area contributed by atoms with Gasteiger partial charge in [0, 0.05) is 11.1 Å². The third-order valence-corrected chi connectivity index (χ3v) is 3.31. The number of aromatic hydroxyl groups is 1. The van der Waals surface area contributed by atoms with Crippen LogP contribution in [0.3, 0.4) is 0 Å². The van der Waals surface area contributed by atoms with Gasteiger partial charge < -0.3 is 10.4 Å². The maximum atomic E-state index is 12.0. The molecule has 0 fully saturated rings. The number of nitrogens with one attached hydrogen (secondary N) is 1. The molecular weight excluding hydrogens is 262 g/mol. The van der Waals surface area contributed by atoms with Gasteiger partial charge >= 0.3 is 0 Å². The number of hydrogen-bond acceptors (Lipinski definition) is 2. The summed E-state index contributed by atoms with van der Waals surface area (Å²) in [7, 11) is 0. The zero-order valence-electron chi connectivity index (χ0n) is 11.6. The van der Waals surface area contributed by atoms with Crippen LogP contribution in [0.1, 0.15) is 56.3 Å². The number of phenols is 1. The number of rotatable bonds is 7. The Kier molecular flexibility index (Phi) is 6.71. The van der Waals surface area contributed by atoms with Gasteiger partial charge in [-0.15, -0.1) is 0 Å². The first-order valence-corrected chi connectivity index (χ1v) is 7.21. The van der Waals surface area contributed by atoms with Crippen molar-refractivity contribution >= 4 is 17.5 Å². The van der Waals surface area contributed by atoms with Crippen molar-refractivity contribution in [3.63, 3.8) is 0 Å². The van der Waals surface area contributed by atoms with E-state index in [2.05, 4.69) is 12.2 Å². The number of carbonyl (C=O) groups excluding carboxylic acids is 1. The molecule has 0 heterocycles. The van der Waals surface area contributed by atoms with Gasteiger partial charge in [0.05, 0.1) is 5.56 Å². The Morgan fingerprint density at radius 3 is 2.79 bits per heavy atom. The lowest BCUT2D eigenvalue weighted by molar-refractivity contribution is 0.0935. The predicted octanol–water partition coefficient (Wildman–Crippen LogP) is 4.13. The molecule has 0 spiro atoms. The lowest BCUT2D eigenvalue weighted by atomic mass is 10.1. The summed E-state index contributed by atoms with van der Waals surface area (Å²) < 4.78 is 0. The summed E-state index contributed by atoms with van der Waals surface area (Å²) in [6.45, 7) is 4.15. The smallest absolute Gasteiger partial charge is 0.255 e. The largest absolute Gasteiger partial charge is 0.507 e. The van der Waals surface area contributed by atoms with Gasteiger partial charge in [0.1, 0.15) is 5.75 Å². The van der Waals surface area contributed by atoms with Crippen LogP contribution in [0.25, 0.3) is 0 Å². The molecule has 0 radical (unpaired) electrons. The normalized spacial score (nSPS) is 12.2. The van der Waals surface area contributed by atoms with Crippen LogP contribution in [0.15, 0.2) is 18.2 Å². The second kappa shape index (κ2) is 8.05. The molecule has 1 rings (SSSR count). The molecule has 0 aliphatic heterocycles. The summed E-state index contributed by atoms with van der Waals surface area (Å²) in [4.78, 5) is 12.0. The van der Waals surface area contributed by atoms with Crippen LogP contribution in [-0.4, -0.2) is 17.1 Å². The highest BCUT2D eigenvalue weighted by molar-refractivity contribution is 6.31. The van der Waals surface area contributed by atoms with Crippen LogP contribution in [0, 0.1) is 0 Å². The number of carbonyl (C=O) groups is 1. The number of unbranched alkanes of at least 4 members (excludes halogenated alkanes) is 3. The minimum absolute atomic E-state index is 0.0416. The summed E-state index contributed by atoms with van der Waals surface area (Å²) in [6.07, 6.45) is 5.69. The Morgan fingerprint density at radius 2 is 2.11 bits per heavy atom. The average molecular weight is 284 g/mol. The third-order valence-electron chi connectivity index (χ3n) is 3.07. The van der Waals surface area contributed by atoms with E-state index in [1.807, 2.05) is 6.92 Å². The van der Waals surface area contributed by atoms with Crippen molar-refractivity contribution in [1.82, 2.24) is 5.32 Å². The minimum Gasteiger partial charge on any atom is -0.507 e. The highest BCUT2D eigenvalue weighted by atomic mass is 35.5. The summed E-state index contributed by atoms with van der Waals surface area (Å²) in [5.41, 5.74) is 0.230. The van der Waals surface area contributed by atoms with Crippen LogP contribution in [0.5, 0.6) is 5.75 Å². The molecule has 1 unspecified atom stereocenters.